The number of carbonyl (C=O) groups excluding carboxylic acids is 1. The van der Waals surface area contributed by atoms with E-state index in [1.54, 1.807) is 51.1 Å². The van der Waals surface area contributed by atoms with Crippen molar-refractivity contribution < 1.29 is 23.7 Å². The van der Waals surface area contributed by atoms with E-state index in [9.17, 15) is 14.4 Å². The standard InChI is InChI=1S/C20H21IN2O7/c1-11-9-23(18(26)22-15(11)24)20(10-21)14(13-17(30-20)29-19(2,3)28-13)27-16(25)12-7-5-4-6-8-12/h4-9,13-14,17H,10H2,1-3H3,(H,22,24,26)/t13-,14+,17+,20+/m1/s1. The van der Waals surface area contributed by atoms with Crippen molar-refractivity contribution >= 4 is 28.6 Å². The molecular weight excluding hydrogens is 507 g/mol. The molecule has 0 saturated carbocycles. The summed E-state index contributed by atoms with van der Waals surface area (Å²) in [5.74, 6) is -1.53. The van der Waals surface area contributed by atoms with Crippen LogP contribution < -0.4 is 11.2 Å². The molecular formula is C20H21IN2O7. The molecule has 2 aliphatic heterocycles. The minimum atomic E-state index is -1.43. The molecule has 4 rings (SSSR count). The molecule has 160 valence electrons. The van der Waals surface area contributed by atoms with Crippen LogP contribution >= 0.6 is 22.6 Å². The Bertz CT molecular complexity index is 1080. The van der Waals surface area contributed by atoms with E-state index >= 15 is 0 Å². The van der Waals surface area contributed by atoms with Crippen molar-refractivity contribution in [2.24, 2.45) is 0 Å². The highest BCUT2D eigenvalue weighted by molar-refractivity contribution is 14.1. The summed E-state index contributed by atoms with van der Waals surface area (Å²) >= 11 is 2.05. The first-order valence-electron chi connectivity index (χ1n) is 9.35. The molecule has 9 nitrogen and oxygen atoms in total. The van der Waals surface area contributed by atoms with Gasteiger partial charge in [-0.2, -0.15) is 0 Å². The molecule has 0 radical (unpaired) electrons. The van der Waals surface area contributed by atoms with Crippen molar-refractivity contribution in [1.82, 2.24) is 9.55 Å². The Morgan fingerprint density at radius 3 is 2.57 bits per heavy atom. The van der Waals surface area contributed by atoms with Gasteiger partial charge in [0.05, 0.1) is 9.99 Å². The molecule has 1 aromatic heterocycles. The van der Waals surface area contributed by atoms with E-state index in [2.05, 4.69) is 4.98 Å². The van der Waals surface area contributed by atoms with Crippen LogP contribution in [0.2, 0.25) is 0 Å². The summed E-state index contributed by atoms with van der Waals surface area (Å²) in [6.07, 6.45) is -1.23. The monoisotopic (exact) mass is 528 g/mol. The fraction of sp³-hybridized carbons (Fsp3) is 0.450. The van der Waals surface area contributed by atoms with E-state index in [1.807, 2.05) is 22.6 Å². The molecule has 0 aliphatic carbocycles. The number of H-pyrrole nitrogens is 1. The van der Waals surface area contributed by atoms with Crippen molar-refractivity contribution in [3.05, 3.63) is 68.5 Å². The van der Waals surface area contributed by atoms with Crippen LogP contribution in [0.25, 0.3) is 0 Å². The van der Waals surface area contributed by atoms with Crippen LogP contribution in [0.1, 0.15) is 29.8 Å². The third-order valence-electron chi connectivity index (χ3n) is 5.11. The second-order valence-electron chi connectivity index (χ2n) is 7.70. The minimum absolute atomic E-state index is 0.225. The molecule has 0 unspecified atom stereocenters. The number of nitrogens with zero attached hydrogens (tertiary/aromatic N) is 1. The van der Waals surface area contributed by atoms with Crippen LogP contribution in [0.3, 0.4) is 0 Å². The van der Waals surface area contributed by atoms with E-state index in [4.69, 9.17) is 18.9 Å². The van der Waals surface area contributed by atoms with Crippen LogP contribution in [-0.4, -0.2) is 44.2 Å². The van der Waals surface area contributed by atoms with Gasteiger partial charge in [0.15, 0.2) is 24.3 Å². The summed E-state index contributed by atoms with van der Waals surface area (Å²) in [6.45, 7) is 5.03. The van der Waals surface area contributed by atoms with Crippen LogP contribution in [0, 0.1) is 6.92 Å². The zero-order chi connectivity index (χ0) is 21.7. The summed E-state index contributed by atoms with van der Waals surface area (Å²) in [7, 11) is 0. The molecule has 30 heavy (non-hydrogen) atoms. The van der Waals surface area contributed by atoms with Gasteiger partial charge in [0, 0.05) is 11.8 Å². The molecule has 4 atom stereocenters. The van der Waals surface area contributed by atoms with Crippen LogP contribution in [0.4, 0.5) is 0 Å². The number of halogens is 1. The molecule has 2 fully saturated rings. The third kappa shape index (κ3) is 3.51. The lowest BCUT2D eigenvalue weighted by atomic mass is 10.1. The number of nitrogens with one attached hydrogen (secondary N) is 1. The Labute approximate surface area is 185 Å². The number of fused-ring (bicyclic) bond motifs is 1. The molecule has 0 amide bonds. The van der Waals surface area contributed by atoms with Gasteiger partial charge in [0.2, 0.25) is 5.72 Å². The number of ether oxygens (including phenoxy) is 4. The van der Waals surface area contributed by atoms with E-state index in [1.165, 1.54) is 10.8 Å². The van der Waals surface area contributed by atoms with Crippen LogP contribution in [0.15, 0.2) is 46.1 Å². The molecule has 2 aromatic rings. The van der Waals surface area contributed by atoms with Crippen molar-refractivity contribution in [3.63, 3.8) is 0 Å². The van der Waals surface area contributed by atoms with Gasteiger partial charge in [-0.3, -0.25) is 14.3 Å². The van der Waals surface area contributed by atoms with Gasteiger partial charge in [0.1, 0.15) is 0 Å². The van der Waals surface area contributed by atoms with E-state index in [0.717, 1.165) is 0 Å². The highest BCUT2D eigenvalue weighted by Crippen LogP contribution is 2.46. The van der Waals surface area contributed by atoms with Crippen molar-refractivity contribution in [2.45, 2.75) is 50.8 Å². The van der Waals surface area contributed by atoms with Gasteiger partial charge in [-0.1, -0.05) is 40.8 Å². The molecule has 2 aliphatic rings. The number of carbonyl (C=O) groups is 1. The number of rotatable bonds is 4. The number of alkyl halides is 1. The second kappa shape index (κ2) is 7.59. The predicted molar refractivity (Wildman–Crippen MR) is 113 cm³/mol. The highest BCUT2D eigenvalue weighted by Gasteiger charge is 2.65. The highest BCUT2D eigenvalue weighted by atomic mass is 127. The third-order valence-corrected chi connectivity index (χ3v) is 6.21. The molecule has 10 heteroatoms. The van der Waals surface area contributed by atoms with Gasteiger partial charge >= 0.3 is 11.7 Å². The lowest BCUT2D eigenvalue weighted by Crippen LogP contribution is -2.55. The quantitative estimate of drug-likeness (QED) is 0.366. The number of aryl methyl sites for hydroxylation is 1. The topological polar surface area (TPSA) is 109 Å². The lowest BCUT2D eigenvalue weighted by Gasteiger charge is -2.36. The number of benzene rings is 1. The Morgan fingerprint density at radius 1 is 1.20 bits per heavy atom. The molecule has 0 spiro atoms. The fourth-order valence-electron chi connectivity index (χ4n) is 3.71. The Morgan fingerprint density at radius 2 is 1.90 bits per heavy atom. The number of esters is 1. The maximum atomic E-state index is 12.9. The lowest BCUT2D eigenvalue weighted by molar-refractivity contribution is -0.254. The van der Waals surface area contributed by atoms with Gasteiger partial charge in [-0.15, -0.1) is 0 Å². The van der Waals surface area contributed by atoms with Crippen molar-refractivity contribution in [2.75, 3.05) is 4.43 Å². The average Bonchev–Trinajstić information content (AvgIpc) is 3.15. The minimum Gasteiger partial charge on any atom is -0.451 e. The number of aromatic nitrogens is 2. The van der Waals surface area contributed by atoms with Crippen molar-refractivity contribution in [3.8, 4) is 0 Å². The number of hydrogen-bond donors (Lipinski definition) is 1. The maximum Gasteiger partial charge on any atom is 0.338 e. The maximum absolute atomic E-state index is 12.9. The van der Waals surface area contributed by atoms with E-state index < -0.39 is 47.2 Å². The fourth-order valence-corrected chi connectivity index (χ4v) is 4.69. The zero-order valence-electron chi connectivity index (χ0n) is 16.6. The molecule has 2 saturated heterocycles. The number of aromatic amines is 1. The molecule has 1 aromatic carbocycles. The largest absolute Gasteiger partial charge is 0.451 e. The van der Waals surface area contributed by atoms with Gasteiger partial charge in [-0.25, -0.2) is 9.59 Å². The van der Waals surface area contributed by atoms with E-state index in [0.29, 0.717) is 11.1 Å². The molecule has 0 bridgehead atoms. The summed E-state index contributed by atoms with van der Waals surface area (Å²) in [4.78, 5) is 39.7. The first-order chi connectivity index (χ1) is 14.2. The van der Waals surface area contributed by atoms with E-state index in [-0.39, 0.29) is 4.43 Å². The van der Waals surface area contributed by atoms with Crippen molar-refractivity contribution in [1.29, 1.82) is 0 Å². The summed E-state index contributed by atoms with van der Waals surface area (Å²) < 4.78 is 25.3. The number of hydrogen-bond acceptors (Lipinski definition) is 7. The summed E-state index contributed by atoms with van der Waals surface area (Å²) in [5, 5.41) is 0. The predicted octanol–water partition coefficient (Wildman–Crippen LogP) is 1.67. The van der Waals surface area contributed by atoms with Gasteiger partial charge < -0.3 is 18.9 Å². The first-order valence-corrected chi connectivity index (χ1v) is 10.9. The summed E-state index contributed by atoms with van der Waals surface area (Å²) in [6, 6.07) is 8.51. The Hall–Kier alpha value is -2.02. The SMILES string of the molecule is Cc1cn([C@@]2(CI)O[C@@H]3OC(C)(C)O[C@@H]3[C@@H]2OC(=O)c2ccccc2)c(=O)[nH]c1=O. The second-order valence-corrected chi connectivity index (χ2v) is 8.46. The first kappa shape index (κ1) is 21.2. The Kier molecular flexibility index (Phi) is 5.37. The molecule has 3 heterocycles. The van der Waals surface area contributed by atoms with Crippen LogP contribution in [-0.2, 0) is 24.7 Å². The average molecular weight is 528 g/mol. The van der Waals surface area contributed by atoms with Gasteiger partial charge in [-0.05, 0) is 32.9 Å². The van der Waals surface area contributed by atoms with Crippen LogP contribution in [0.5, 0.6) is 0 Å². The van der Waals surface area contributed by atoms with Gasteiger partial charge in [0.25, 0.3) is 5.56 Å². The molecule has 1 N–H and O–H groups in total. The Balaban J connectivity index is 1.80. The normalized spacial score (nSPS) is 29.5. The smallest absolute Gasteiger partial charge is 0.338 e. The zero-order valence-corrected chi connectivity index (χ0v) is 18.7. The summed E-state index contributed by atoms with van der Waals surface area (Å²) in [5.41, 5.74) is -1.93.